The van der Waals surface area contributed by atoms with E-state index in [0.29, 0.717) is 15.9 Å². The first-order chi connectivity index (χ1) is 15.7. The van der Waals surface area contributed by atoms with Crippen molar-refractivity contribution in [2.24, 2.45) is 10.4 Å². The van der Waals surface area contributed by atoms with Gasteiger partial charge in [-0.25, -0.2) is 9.67 Å². The fourth-order valence-electron chi connectivity index (χ4n) is 4.61. The molecule has 4 rings (SSSR count). The number of aliphatic imine (C=N–C) groups is 1. The molecular weight excluding hydrogens is 458 g/mol. The van der Waals surface area contributed by atoms with Crippen LogP contribution in [0, 0.1) is 16.7 Å². The summed E-state index contributed by atoms with van der Waals surface area (Å²) in [5, 5.41) is 18.3. The third-order valence-corrected chi connectivity index (χ3v) is 6.86. The quantitative estimate of drug-likeness (QED) is 0.480. The summed E-state index contributed by atoms with van der Waals surface area (Å²) in [6.07, 6.45) is 6.52. The second kappa shape index (κ2) is 9.27. The zero-order valence-electron chi connectivity index (χ0n) is 19.0. The van der Waals surface area contributed by atoms with Crippen LogP contribution in [0.3, 0.4) is 0 Å². The number of hydrogen-bond donors (Lipinski definition) is 1. The Balaban J connectivity index is 1.77. The molecule has 1 aliphatic carbocycles. The SMILES string of the molecule is CC(C)(C)[C@@H](N=C1NC(=S)N(CC#N)C12CCCC2)[C@H](Oc1ccc(Cl)cc1)n1cncn1. The van der Waals surface area contributed by atoms with Gasteiger partial charge in [0.25, 0.3) is 0 Å². The molecule has 2 aromatic rings. The second-order valence-corrected chi connectivity index (χ2v) is 10.4. The number of aromatic nitrogens is 3. The van der Waals surface area contributed by atoms with Crippen molar-refractivity contribution in [2.45, 2.75) is 64.3 Å². The first-order valence-corrected chi connectivity index (χ1v) is 11.8. The maximum Gasteiger partial charge on any atom is 0.215 e. The Morgan fingerprint density at radius 1 is 1.30 bits per heavy atom. The Morgan fingerprint density at radius 3 is 2.58 bits per heavy atom. The van der Waals surface area contributed by atoms with E-state index in [-0.39, 0.29) is 23.5 Å². The monoisotopic (exact) mass is 485 g/mol. The zero-order chi connectivity index (χ0) is 23.6. The minimum atomic E-state index is -0.556. The molecule has 1 aromatic heterocycles. The van der Waals surface area contributed by atoms with Crippen LogP contribution in [-0.2, 0) is 0 Å². The highest BCUT2D eigenvalue weighted by Gasteiger charge is 2.51. The highest BCUT2D eigenvalue weighted by atomic mass is 35.5. The molecule has 1 saturated carbocycles. The van der Waals surface area contributed by atoms with Gasteiger partial charge >= 0.3 is 0 Å². The van der Waals surface area contributed by atoms with Crippen molar-refractivity contribution in [3.8, 4) is 11.8 Å². The number of halogens is 1. The standard InChI is InChI=1S/C23H28ClN7OS/c1-22(2,3)18(19(31-15-26-14-27-31)32-17-8-6-16(24)7-9-17)28-20-23(10-4-5-11-23)30(13-12-25)21(33)29-20/h6-9,14-15,18-19H,4-5,10-11,13H2,1-3H3,(H,28,29,33)/t18-,19-/m0/s1. The molecule has 33 heavy (non-hydrogen) atoms. The number of amidine groups is 1. The smallest absolute Gasteiger partial charge is 0.215 e. The fourth-order valence-corrected chi connectivity index (χ4v) is 5.07. The predicted octanol–water partition coefficient (Wildman–Crippen LogP) is 4.35. The number of rotatable bonds is 6. The van der Waals surface area contributed by atoms with Gasteiger partial charge in [0.2, 0.25) is 6.23 Å². The normalized spacial score (nSPS) is 20.6. The minimum absolute atomic E-state index is 0.235. The summed E-state index contributed by atoms with van der Waals surface area (Å²) in [6, 6.07) is 9.17. The van der Waals surface area contributed by atoms with Crippen molar-refractivity contribution in [3.05, 3.63) is 41.9 Å². The highest BCUT2D eigenvalue weighted by Crippen LogP contribution is 2.41. The van der Waals surface area contributed by atoms with Gasteiger partial charge in [0.05, 0.1) is 6.07 Å². The summed E-state index contributed by atoms with van der Waals surface area (Å²) < 4.78 is 8.12. The summed E-state index contributed by atoms with van der Waals surface area (Å²) in [7, 11) is 0. The van der Waals surface area contributed by atoms with Crippen molar-refractivity contribution in [1.82, 2.24) is 25.0 Å². The Morgan fingerprint density at radius 2 is 2.00 bits per heavy atom. The number of benzene rings is 1. The third-order valence-electron chi connectivity index (χ3n) is 6.28. The molecule has 0 amide bonds. The van der Waals surface area contributed by atoms with Crippen molar-refractivity contribution in [2.75, 3.05) is 6.54 Å². The van der Waals surface area contributed by atoms with Gasteiger partial charge in [-0.15, -0.1) is 0 Å². The molecule has 1 spiro atoms. The van der Waals surface area contributed by atoms with Gasteiger partial charge in [-0.3, -0.25) is 4.99 Å². The maximum atomic E-state index is 9.42. The lowest BCUT2D eigenvalue weighted by Gasteiger charge is -2.37. The lowest BCUT2D eigenvalue weighted by atomic mass is 9.85. The number of ether oxygens (including phenoxy) is 1. The van der Waals surface area contributed by atoms with Crippen molar-refractivity contribution < 1.29 is 4.74 Å². The average Bonchev–Trinajstić information content (AvgIpc) is 3.51. The molecule has 8 nitrogen and oxygen atoms in total. The topological polar surface area (TPSA) is 91.4 Å². The molecule has 1 N–H and O–H groups in total. The van der Waals surface area contributed by atoms with E-state index in [2.05, 4.69) is 42.2 Å². The first-order valence-electron chi connectivity index (χ1n) is 11.0. The molecule has 174 valence electrons. The Hall–Kier alpha value is -2.70. The summed E-state index contributed by atoms with van der Waals surface area (Å²) in [5.74, 6) is 1.47. The second-order valence-electron chi connectivity index (χ2n) is 9.54. The molecule has 0 unspecified atom stereocenters. The van der Waals surface area contributed by atoms with Crippen molar-refractivity contribution in [1.29, 1.82) is 5.26 Å². The van der Waals surface area contributed by atoms with E-state index in [4.69, 9.17) is 33.5 Å². The van der Waals surface area contributed by atoms with Crippen LogP contribution in [0.5, 0.6) is 5.75 Å². The average molecular weight is 486 g/mol. The van der Waals surface area contributed by atoms with E-state index in [0.717, 1.165) is 31.5 Å². The Kier molecular flexibility index (Phi) is 6.59. The molecule has 2 fully saturated rings. The lowest BCUT2D eigenvalue weighted by molar-refractivity contribution is 0.0467. The van der Waals surface area contributed by atoms with Crippen LogP contribution < -0.4 is 10.1 Å². The highest BCUT2D eigenvalue weighted by molar-refractivity contribution is 7.80. The van der Waals surface area contributed by atoms with Crippen LogP contribution in [-0.4, -0.2) is 48.7 Å². The lowest BCUT2D eigenvalue weighted by Crippen LogP contribution is -2.49. The molecule has 2 heterocycles. The Bertz CT molecular complexity index is 1050. The van der Waals surface area contributed by atoms with E-state index in [1.165, 1.54) is 6.33 Å². The Labute approximate surface area is 204 Å². The minimum Gasteiger partial charge on any atom is -0.466 e. The van der Waals surface area contributed by atoms with E-state index >= 15 is 0 Å². The number of nitrogens with zero attached hydrogens (tertiary/aromatic N) is 6. The van der Waals surface area contributed by atoms with Gasteiger partial charge in [-0.2, -0.15) is 10.4 Å². The van der Waals surface area contributed by atoms with E-state index in [1.54, 1.807) is 23.1 Å². The molecular formula is C23H28ClN7OS. The zero-order valence-corrected chi connectivity index (χ0v) is 20.6. The van der Waals surface area contributed by atoms with Gasteiger partial charge in [0, 0.05) is 5.02 Å². The molecule has 10 heteroatoms. The fraction of sp³-hybridized carbons (Fsp3) is 0.522. The number of nitrogens with one attached hydrogen (secondary N) is 1. The van der Waals surface area contributed by atoms with Crippen LogP contribution in [0.4, 0.5) is 0 Å². The summed E-state index contributed by atoms with van der Waals surface area (Å²) >= 11 is 11.7. The maximum absolute atomic E-state index is 9.42. The molecule has 2 atom stereocenters. The van der Waals surface area contributed by atoms with E-state index < -0.39 is 6.23 Å². The summed E-state index contributed by atoms with van der Waals surface area (Å²) in [4.78, 5) is 11.4. The molecule has 1 aromatic carbocycles. The molecule has 1 saturated heterocycles. The van der Waals surface area contributed by atoms with Gasteiger partial charge in [0.1, 0.15) is 42.4 Å². The molecule has 1 aliphatic heterocycles. The number of thiocarbonyl (C=S) groups is 1. The van der Waals surface area contributed by atoms with Crippen LogP contribution in [0.25, 0.3) is 0 Å². The van der Waals surface area contributed by atoms with Crippen molar-refractivity contribution >= 4 is 34.8 Å². The van der Waals surface area contributed by atoms with Crippen LogP contribution in [0.15, 0.2) is 41.9 Å². The first kappa shape index (κ1) is 23.5. The summed E-state index contributed by atoms with van der Waals surface area (Å²) in [6.45, 7) is 6.61. The largest absolute Gasteiger partial charge is 0.466 e. The molecule has 0 radical (unpaired) electrons. The van der Waals surface area contributed by atoms with E-state index in [1.807, 2.05) is 17.0 Å². The van der Waals surface area contributed by atoms with Gasteiger partial charge < -0.3 is 15.0 Å². The molecule has 0 bridgehead atoms. The van der Waals surface area contributed by atoms with Gasteiger partial charge in [-0.05, 0) is 54.7 Å². The van der Waals surface area contributed by atoms with Crippen LogP contribution in [0.2, 0.25) is 5.02 Å². The van der Waals surface area contributed by atoms with Crippen LogP contribution >= 0.6 is 23.8 Å². The predicted molar refractivity (Wildman–Crippen MR) is 131 cm³/mol. The third kappa shape index (κ3) is 4.68. The van der Waals surface area contributed by atoms with Crippen LogP contribution in [0.1, 0.15) is 52.7 Å². The van der Waals surface area contributed by atoms with Gasteiger partial charge in [-0.1, -0.05) is 45.2 Å². The van der Waals surface area contributed by atoms with E-state index in [9.17, 15) is 5.26 Å². The van der Waals surface area contributed by atoms with Gasteiger partial charge in [0.15, 0.2) is 5.11 Å². The molecule has 2 aliphatic rings. The number of nitriles is 1. The van der Waals surface area contributed by atoms with Crippen molar-refractivity contribution in [3.63, 3.8) is 0 Å². The summed E-state index contributed by atoms with van der Waals surface area (Å²) in [5.41, 5.74) is -0.661. The number of hydrogen-bond acceptors (Lipinski definition) is 6.